The molecule has 1 aromatic rings. The molecule has 3 heterocycles. The molecule has 0 saturated carbocycles. The van der Waals surface area contributed by atoms with Gasteiger partial charge in [0.25, 0.3) is 0 Å². The van der Waals surface area contributed by atoms with E-state index in [9.17, 15) is 13.5 Å². The van der Waals surface area contributed by atoms with Gasteiger partial charge in [-0.2, -0.15) is 0 Å². The average molecular weight is 361 g/mol. The summed E-state index contributed by atoms with van der Waals surface area (Å²) in [6.45, 7) is 6.31. The van der Waals surface area contributed by atoms with Gasteiger partial charge in [0.15, 0.2) is 0 Å². The molecule has 2 atom stereocenters. The van der Waals surface area contributed by atoms with Gasteiger partial charge in [-0.15, -0.1) is 10.2 Å². The number of sulfonamides is 1. The summed E-state index contributed by atoms with van der Waals surface area (Å²) in [5.41, 5.74) is -0.761. The molecule has 7 nitrogen and oxygen atoms in total. The highest BCUT2D eigenvalue weighted by Gasteiger charge is 2.47. The van der Waals surface area contributed by atoms with E-state index in [-0.39, 0.29) is 5.92 Å². The molecule has 0 spiro atoms. The second-order valence-corrected chi connectivity index (χ2v) is 9.92. The van der Waals surface area contributed by atoms with Crippen LogP contribution in [-0.2, 0) is 10.0 Å². The topological polar surface area (TPSA) is 86.6 Å². The van der Waals surface area contributed by atoms with Gasteiger partial charge in [-0.1, -0.05) is 25.2 Å². The quantitative estimate of drug-likeness (QED) is 0.861. The summed E-state index contributed by atoms with van der Waals surface area (Å²) in [7, 11) is -3.21. The van der Waals surface area contributed by atoms with Crippen molar-refractivity contribution < 1.29 is 13.5 Å². The summed E-state index contributed by atoms with van der Waals surface area (Å²) in [4.78, 5) is 2.13. The van der Waals surface area contributed by atoms with Crippen molar-refractivity contribution in [1.29, 1.82) is 0 Å². The minimum absolute atomic E-state index is 0.0916. The summed E-state index contributed by atoms with van der Waals surface area (Å²) in [6.07, 6.45) is 2.38. The molecule has 0 amide bonds. The van der Waals surface area contributed by atoms with E-state index in [4.69, 9.17) is 0 Å². The van der Waals surface area contributed by atoms with E-state index in [0.29, 0.717) is 38.4 Å². The highest BCUT2D eigenvalue weighted by atomic mass is 32.2. The lowest BCUT2D eigenvalue weighted by Crippen LogP contribution is -2.60. The van der Waals surface area contributed by atoms with Gasteiger partial charge in [0.2, 0.25) is 15.2 Å². The van der Waals surface area contributed by atoms with E-state index in [1.165, 1.54) is 10.6 Å². The molecule has 0 bridgehead atoms. The minimum Gasteiger partial charge on any atom is -0.389 e. The standard InChI is InChI=1S/C14H24N4O3S2/c1-10(2)12-15-16-13(22-12)17-6-4-14(19)5-7-18(23(3,20)21)9-11(14)8-17/h10-11,19H,4-9H2,1-3H3/t11-,14-/m1/s1. The lowest BCUT2D eigenvalue weighted by Gasteiger charge is -2.49. The van der Waals surface area contributed by atoms with Crippen LogP contribution in [0.25, 0.3) is 0 Å². The first-order valence-electron chi connectivity index (χ1n) is 7.95. The van der Waals surface area contributed by atoms with E-state index in [1.807, 2.05) is 0 Å². The van der Waals surface area contributed by atoms with E-state index in [2.05, 4.69) is 28.9 Å². The molecular weight excluding hydrogens is 336 g/mol. The Morgan fingerprint density at radius 1 is 1.26 bits per heavy atom. The van der Waals surface area contributed by atoms with Gasteiger partial charge in [-0.25, -0.2) is 12.7 Å². The molecule has 23 heavy (non-hydrogen) atoms. The second-order valence-electron chi connectivity index (χ2n) is 6.95. The van der Waals surface area contributed by atoms with Gasteiger partial charge < -0.3 is 10.0 Å². The van der Waals surface area contributed by atoms with Crippen LogP contribution >= 0.6 is 11.3 Å². The molecular formula is C14H24N4O3S2. The predicted octanol–water partition coefficient (Wildman–Crippen LogP) is 0.884. The Balaban J connectivity index is 1.76. The van der Waals surface area contributed by atoms with E-state index in [1.54, 1.807) is 11.3 Å². The Morgan fingerprint density at radius 3 is 2.57 bits per heavy atom. The Morgan fingerprint density at radius 2 is 1.96 bits per heavy atom. The zero-order valence-electron chi connectivity index (χ0n) is 13.8. The maximum absolute atomic E-state index is 11.8. The maximum Gasteiger partial charge on any atom is 0.211 e. The van der Waals surface area contributed by atoms with Gasteiger partial charge in [0.05, 0.1) is 11.9 Å². The smallest absolute Gasteiger partial charge is 0.211 e. The zero-order valence-corrected chi connectivity index (χ0v) is 15.4. The molecule has 2 fully saturated rings. The fourth-order valence-corrected chi connectivity index (χ4v) is 5.09. The van der Waals surface area contributed by atoms with Gasteiger partial charge >= 0.3 is 0 Å². The third-order valence-electron chi connectivity index (χ3n) is 4.90. The van der Waals surface area contributed by atoms with E-state index < -0.39 is 15.6 Å². The third-order valence-corrected chi connectivity index (χ3v) is 7.45. The first kappa shape index (κ1) is 17.1. The molecule has 0 radical (unpaired) electrons. The molecule has 1 aromatic heterocycles. The SMILES string of the molecule is CC(C)c1nnc(N2CC[C@@]3(O)CCN(S(C)(=O)=O)C[C@H]3C2)s1. The average Bonchev–Trinajstić information content (AvgIpc) is 2.94. The fraction of sp³-hybridized carbons (Fsp3) is 0.857. The molecule has 2 saturated heterocycles. The molecule has 0 unspecified atom stereocenters. The van der Waals surface area contributed by atoms with Crippen LogP contribution in [0.1, 0.15) is 37.6 Å². The van der Waals surface area contributed by atoms with Crippen LogP contribution in [0.2, 0.25) is 0 Å². The Kier molecular flexibility index (Phi) is 4.41. The summed E-state index contributed by atoms with van der Waals surface area (Å²) in [5, 5.41) is 21.2. The first-order chi connectivity index (χ1) is 10.7. The van der Waals surface area contributed by atoms with E-state index in [0.717, 1.165) is 16.7 Å². The van der Waals surface area contributed by atoms with Crippen LogP contribution in [0, 0.1) is 5.92 Å². The normalized spacial score (nSPS) is 29.8. The van der Waals surface area contributed by atoms with Crippen LogP contribution in [0.5, 0.6) is 0 Å². The molecule has 3 rings (SSSR count). The third kappa shape index (κ3) is 3.38. The molecule has 1 N–H and O–H groups in total. The largest absolute Gasteiger partial charge is 0.389 e. The summed E-state index contributed by atoms with van der Waals surface area (Å²) in [5.74, 6) is 0.254. The maximum atomic E-state index is 11.8. The molecule has 2 aliphatic heterocycles. The van der Waals surface area contributed by atoms with Gasteiger partial charge in [0.1, 0.15) is 5.01 Å². The van der Waals surface area contributed by atoms with Crippen molar-refractivity contribution >= 4 is 26.5 Å². The highest BCUT2D eigenvalue weighted by Crippen LogP contribution is 2.38. The van der Waals surface area contributed by atoms with Crippen LogP contribution in [-0.4, -0.2) is 66.1 Å². The monoisotopic (exact) mass is 360 g/mol. The molecule has 9 heteroatoms. The number of aromatic nitrogens is 2. The molecule has 0 aliphatic carbocycles. The fourth-order valence-electron chi connectivity index (χ4n) is 3.33. The van der Waals surface area contributed by atoms with Crippen LogP contribution in [0.15, 0.2) is 0 Å². The summed E-state index contributed by atoms with van der Waals surface area (Å²) >= 11 is 1.58. The van der Waals surface area contributed by atoms with Crippen LogP contribution in [0.4, 0.5) is 5.13 Å². The van der Waals surface area contributed by atoms with Crippen LogP contribution < -0.4 is 4.90 Å². The van der Waals surface area contributed by atoms with Gasteiger partial charge in [-0.05, 0) is 12.8 Å². The van der Waals surface area contributed by atoms with Crippen molar-refractivity contribution in [2.24, 2.45) is 5.92 Å². The first-order valence-corrected chi connectivity index (χ1v) is 10.6. The summed E-state index contributed by atoms with van der Waals surface area (Å²) < 4.78 is 25.1. The lowest BCUT2D eigenvalue weighted by atomic mass is 9.76. The minimum atomic E-state index is -3.21. The number of nitrogens with zero attached hydrogens (tertiary/aromatic N) is 4. The van der Waals surface area contributed by atoms with Crippen molar-refractivity contribution in [3.63, 3.8) is 0 Å². The van der Waals surface area contributed by atoms with Crippen molar-refractivity contribution in [1.82, 2.24) is 14.5 Å². The van der Waals surface area contributed by atoms with Gasteiger partial charge in [0, 0.05) is 38.0 Å². The van der Waals surface area contributed by atoms with Crippen molar-refractivity contribution in [3.05, 3.63) is 5.01 Å². The Bertz CT molecular complexity index is 675. The molecule has 130 valence electrons. The van der Waals surface area contributed by atoms with Crippen molar-refractivity contribution in [2.75, 3.05) is 37.3 Å². The Labute approximate surface area is 141 Å². The number of hydrogen-bond donors (Lipinski definition) is 1. The molecule has 2 aliphatic rings. The second kappa shape index (κ2) is 5.94. The number of anilines is 1. The zero-order chi connectivity index (χ0) is 16.8. The number of rotatable bonds is 3. The van der Waals surface area contributed by atoms with E-state index >= 15 is 0 Å². The number of hydrogen-bond acceptors (Lipinski definition) is 7. The number of piperidine rings is 2. The highest BCUT2D eigenvalue weighted by molar-refractivity contribution is 7.88. The van der Waals surface area contributed by atoms with Gasteiger partial charge in [-0.3, -0.25) is 0 Å². The number of fused-ring (bicyclic) bond motifs is 1. The van der Waals surface area contributed by atoms with Crippen molar-refractivity contribution in [3.8, 4) is 0 Å². The lowest BCUT2D eigenvalue weighted by molar-refractivity contribution is -0.0687. The van der Waals surface area contributed by atoms with Crippen molar-refractivity contribution in [2.45, 2.75) is 38.2 Å². The predicted molar refractivity (Wildman–Crippen MR) is 90.3 cm³/mol. The number of aliphatic hydroxyl groups is 1. The van der Waals surface area contributed by atoms with Crippen LogP contribution in [0.3, 0.4) is 0 Å². The Hall–Kier alpha value is -0.770. The molecule has 0 aromatic carbocycles. The summed E-state index contributed by atoms with van der Waals surface area (Å²) in [6, 6.07) is 0.